The van der Waals surface area contributed by atoms with Gasteiger partial charge in [0.1, 0.15) is 0 Å². The van der Waals surface area contributed by atoms with E-state index in [1.807, 2.05) is 18.2 Å². The van der Waals surface area contributed by atoms with Crippen molar-refractivity contribution in [1.82, 2.24) is 0 Å². The van der Waals surface area contributed by atoms with Gasteiger partial charge in [-0.05, 0) is 71.2 Å². The van der Waals surface area contributed by atoms with Crippen LogP contribution in [0.2, 0.25) is 0 Å². The van der Waals surface area contributed by atoms with Crippen LogP contribution in [0.25, 0.3) is 18.2 Å². The van der Waals surface area contributed by atoms with Crippen molar-refractivity contribution in [2.45, 2.75) is 44.4 Å². The van der Waals surface area contributed by atoms with Crippen LogP contribution in [0.3, 0.4) is 0 Å². The number of fused-ring (bicyclic) bond motifs is 3. The molecule has 0 aromatic heterocycles. The van der Waals surface area contributed by atoms with Crippen molar-refractivity contribution in [3.8, 4) is 0 Å². The maximum atomic E-state index is 9.66. The van der Waals surface area contributed by atoms with Gasteiger partial charge in [0, 0.05) is 17.8 Å². The van der Waals surface area contributed by atoms with E-state index in [2.05, 4.69) is 141 Å². The molecule has 0 aliphatic heterocycles. The maximum absolute atomic E-state index is 9.66. The number of benzene rings is 5. The summed E-state index contributed by atoms with van der Waals surface area (Å²) in [7, 11) is 0. The van der Waals surface area contributed by atoms with E-state index in [1.165, 1.54) is 66.8 Å². The van der Waals surface area contributed by atoms with E-state index in [9.17, 15) is 10.2 Å². The molecule has 3 N–H and O–H groups in total. The second kappa shape index (κ2) is 16.1. The van der Waals surface area contributed by atoms with Crippen LogP contribution in [0.4, 0.5) is 0 Å². The Kier molecular flexibility index (Phi) is 11.2. The summed E-state index contributed by atoms with van der Waals surface area (Å²) in [5, 5.41) is 28.3. The van der Waals surface area contributed by atoms with E-state index in [0.29, 0.717) is 0 Å². The van der Waals surface area contributed by atoms with Gasteiger partial charge in [0.05, 0.1) is 19.8 Å². The van der Waals surface area contributed by atoms with Gasteiger partial charge in [-0.15, -0.1) is 0 Å². The Morgan fingerprint density at radius 1 is 0.469 bits per heavy atom. The lowest BCUT2D eigenvalue weighted by molar-refractivity contribution is 0.279. The van der Waals surface area contributed by atoms with E-state index in [4.69, 9.17) is 5.11 Å². The van der Waals surface area contributed by atoms with Gasteiger partial charge in [-0.2, -0.15) is 0 Å². The third-order valence-corrected chi connectivity index (χ3v) is 9.81. The predicted molar refractivity (Wildman–Crippen MR) is 204 cm³/mol. The molecule has 0 amide bonds. The fourth-order valence-electron chi connectivity index (χ4n) is 7.13. The van der Waals surface area contributed by atoms with Gasteiger partial charge in [0.15, 0.2) is 0 Å². The standard InChI is InChI=1S/C18H18O.C17H16O.C11H12O/c1-13-6-8-14(9-7-13)10-16-11-15-4-2-3-5-17(15)18(16)12-19;18-12-17-15(10-13-6-2-1-3-7-13)11-14-8-4-5-9-16(14)17;1-8-2-5-11-9(6-8)3-4-10(11)7-12/h2-9,11,18-19H,10,12H2,1H3;1-9,11,17-18H,10,12H2;2-6,10,12H,7H2,1H3. The zero-order valence-corrected chi connectivity index (χ0v) is 28.5. The zero-order chi connectivity index (χ0) is 34.2. The molecule has 0 heterocycles. The van der Waals surface area contributed by atoms with E-state index in [-0.39, 0.29) is 37.6 Å². The van der Waals surface area contributed by atoms with Crippen molar-refractivity contribution < 1.29 is 15.3 Å². The molecule has 3 aliphatic rings. The van der Waals surface area contributed by atoms with Crippen LogP contribution in [0, 0.1) is 13.8 Å². The lowest BCUT2D eigenvalue weighted by Crippen LogP contribution is -2.06. The van der Waals surface area contributed by atoms with Gasteiger partial charge in [0.2, 0.25) is 0 Å². The molecule has 3 aliphatic carbocycles. The highest BCUT2D eigenvalue weighted by Crippen LogP contribution is 2.38. The Balaban J connectivity index is 0.000000131. The Hall–Kier alpha value is -4.80. The largest absolute Gasteiger partial charge is 0.395 e. The Morgan fingerprint density at radius 2 is 0.980 bits per heavy atom. The second-order valence-electron chi connectivity index (χ2n) is 13.3. The van der Waals surface area contributed by atoms with Gasteiger partial charge in [-0.25, -0.2) is 0 Å². The van der Waals surface area contributed by atoms with Crippen LogP contribution in [0.5, 0.6) is 0 Å². The number of hydrogen-bond acceptors (Lipinski definition) is 3. The SMILES string of the molecule is Cc1ccc(CC2=Cc3ccccc3C2CO)cc1.Cc1ccc2c(c1)C=CC2CO.OCC1C(Cc2ccccc2)=Cc2ccccc21. The normalized spacial score (nSPS) is 17.9. The summed E-state index contributed by atoms with van der Waals surface area (Å²) >= 11 is 0. The first-order valence-electron chi connectivity index (χ1n) is 17.3. The van der Waals surface area contributed by atoms with E-state index >= 15 is 0 Å². The maximum Gasteiger partial charge on any atom is 0.0537 e. The van der Waals surface area contributed by atoms with Crippen molar-refractivity contribution in [1.29, 1.82) is 0 Å². The van der Waals surface area contributed by atoms with Crippen LogP contribution in [-0.2, 0) is 12.8 Å². The average molecular weight is 647 g/mol. The number of aliphatic hydroxyl groups is 3. The monoisotopic (exact) mass is 646 g/mol. The minimum Gasteiger partial charge on any atom is -0.395 e. The summed E-state index contributed by atoms with van der Waals surface area (Å²) < 4.78 is 0. The minimum absolute atomic E-state index is 0.164. The van der Waals surface area contributed by atoms with Crippen LogP contribution < -0.4 is 0 Å². The molecular weight excluding hydrogens is 601 g/mol. The van der Waals surface area contributed by atoms with Gasteiger partial charge >= 0.3 is 0 Å². The van der Waals surface area contributed by atoms with Crippen LogP contribution in [0.1, 0.15) is 73.4 Å². The molecule has 5 aromatic rings. The molecule has 3 heteroatoms. The summed E-state index contributed by atoms with van der Waals surface area (Å²) in [6, 6.07) is 42.1. The van der Waals surface area contributed by atoms with Gasteiger partial charge in [-0.1, -0.05) is 168 Å². The molecular formula is C46H46O3. The molecule has 0 spiro atoms. The molecule has 0 radical (unpaired) electrons. The quantitative estimate of drug-likeness (QED) is 0.165. The highest BCUT2D eigenvalue weighted by molar-refractivity contribution is 5.68. The van der Waals surface area contributed by atoms with Crippen molar-refractivity contribution in [2.24, 2.45) is 0 Å². The summed E-state index contributed by atoms with van der Waals surface area (Å²) in [5.41, 5.74) is 15.3. The van der Waals surface area contributed by atoms with Crippen LogP contribution >= 0.6 is 0 Å². The van der Waals surface area contributed by atoms with Crippen molar-refractivity contribution in [3.05, 3.63) is 194 Å². The molecule has 0 saturated heterocycles. The third-order valence-electron chi connectivity index (χ3n) is 9.81. The zero-order valence-electron chi connectivity index (χ0n) is 28.5. The molecule has 3 nitrogen and oxygen atoms in total. The van der Waals surface area contributed by atoms with Crippen LogP contribution in [-0.4, -0.2) is 35.1 Å². The highest BCUT2D eigenvalue weighted by atomic mass is 16.3. The smallest absolute Gasteiger partial charge is 0.0537 e. The summed E-state index contributed by atoms with van der Waals surface area (Å²) in [6.07, 6.45) is 10.4. The number of aliphatic hydroxyl groups excluding tert-OH is 3. The second-order valence-corrected chi connectivity index (χ2v) is 13.3. The van der Waals surface area contributed by atoms with E-state index in [0.717, 1.165) is 12.8 Å². The minimum atomic E-state index is 0.164. The third kappa shape index (κ3) is 8.09. The van der Waals surface area contributed by atoms with E-state index in [1.54, 1.807) is 0 Å². The highest BCUT2D eigenvalue weighted by Gasteiger charge is 2.25. The van der Waals surface area contributed by atoms with Crippen molar-refractivity contribution in [2.75, 3.05) is 19.8 Å². The molecule has 0 bridgehead atoms. The number of rotatable bonds is 7. The molecule has 0 saturated carbocycles. The first-order chi connectivity index (χ1) is 24.0. The Labute approximate surface area is 291 Å². The van der Waals surface area contributed by atoms with Gasteiger partial charge in [0.25, 0.3) is 0 Å². The molecule has 8 rings (SSSR count). The molecule has 3 unspecified atom stereocenters. The summed E-state index contributed by atoms with van der Waals surface area (Å²) in [6.45, 7) is 4.78. The Morgan fingerprint density at radius 3 is 1.53 bits per heavy atom. The topological polar surface area (TPSA) is 60.7 Å². The van der Waals surface area contributed by atoms with Crippen molar-refractivity contribution in [3.63, 3.8) is 0 Å². The summed E-state index contributed by atoms with van der Waals surface area (Å²) in [4.78, 5) is 0. The molecule has 3 atom stereocenters. The van der Waals surface area contributed by atoms with Crippen LogP contribution in [0.15, 0.2) is 139 Å². The summed E-state index contributed by atoms with van der Waals surface area (Å²) in [5.74, 6) is 0.555. The Bertz CT molecular complexity index is 1950. The lowest BCUT2D eigenvalue weighted by atomic mass is 9.92. The fraction of sp³-hybridized carbons (Fsp3) is 0.217. The van der Waals surface area contributed by atoms with E-state index < -0.39 is 0 Å². The number of hydrogen-bond donors (Lipinski definition) is 3. The van der Waals surface area contributed by atoms with Gasteiger partial charge in [-0.3, -0.25) is 0 Å². The fourth-order valence-corrected chi connectivity index (χ4v) is 7.13. The molecule has 0 fully saturated rings. The first kappa shape index (κ1) is 34.1. The first-order valence-corrected chi connectivity index (χ1v) is 17.3. The average Bonchev–Trinajstić information content (AvgIpc) is 3.82. The number of aryl methyl sites for hydroxylation is 2. The molecule has 49 heavy (non-hydrogen) atoms. The van der Waals surface area contributed by atoms with Gasteiger partial charge < -0.3 is 15.3 Å². The molecule has 5 aromatic carbocycles. The predicted octanol–water partition coefficient (Wildman–Crippen LogP) is 9.21. The lowest BCUT2D eigenvalue weighted by Gasteiger charge is -2.14. The molecule has 248 valence electrons. The van der Waals surface area contributed by atoms with Crippen molar-refractivity contribution >= 4 is 18.2 Å².